The van der Waals surface area contributed by atoms with Crippen LogP contribution in [0.5, 0.6) is 5.75 Å². The van der Waals surface area contributed by atoms with Crippen molar-refractivity contribution < 1.29 is 27.4 Å². The molecule has 0 saturated carbocycles. The van der Waals surface area contributed by atoms with Gasteiger partial charge < -0.3 is 20.9 Å². The molecular weight excluding hydrogens is 279 g/mol. The van der Waals surface area contributed by atoms with Crippen LogP contribution in [0.15, 0.2) is 6.20 Å². The first kappa shape index (κ1) is 16.0. The fourth-order valence-corrected chi connectivity index (χ4v) is 1.50. The first-order valence-corrected chi connectivity index (χ1v) is 5.66. The van der Waals surface area contributed by atoms with Gasteiger partial charge in [0.15, 0.2) is 5.75 Å². The number of esters is 1. The molecule has 1 aromatic heterocycles. The van der Waals surface area contributed by atoms with Gasteiger partial charge in [-0.3, -0.25) is 9.78 Å². The van der Waals surface area contributed by atoms with Crippen LogP contribution >= 0.6 is 0 Å². The van der Waals surface area contributed by atoms with Crippen molar-refractivity contribution in [2.75, 3.05) is 12.3 Å². The molecule has 0 fully saturated rings. The number of carbonyl (C=O) groups excluding carboxylic acids is 1. The number of pyridine rings is 1. The molecular formula is C11H14F3N3O3. The Morgan fingerprint density at radius 1 is 1.45 bits per heavy atom. The van der Waals surface area contributed by atoms with E-state index in [2.05, 4.69) is 14.5 Å². The number of carbonyl (C=O) groups is 1. The molecule has 0 spiro atoms. The van der Waals surface area contributed by atoms with Crippen LogP contribution in [0.25, 0.3) is 0 Å². The van der Waals surface area contributed by atoms with Gasteiger partial charge in [0.05, 0.1) is 30.6 Å². The van der Waals surface area contributed by atoms with E-state index in [9.17, 15) is 18.0 Å². The van der Waals surface area contributed by atoms with Crippen LogP contribution < -0.4 is 16.2 Å². The molecule has 6 nitrogen and oxygen atoms in total. The first-order valence-electron chi connectivity index (χ1n) is 5.66. The van der Waals surface area contributed by atoms with E-state index in [1.54, 1.807) is 6.92 Å². The highest BCUT2D eigenvalue weighted by molar-refractivity contribution is 5.76. The number of aromatic nitrogens is 1. The van der Waals surface area contributed by atoms with Gasteiger partial charge in [-0.2, -0.15) is 0 Å². The predicted octanol–water partition coefficient (Wildman–Crippen LogP) is 1.13. The van der Waals surface area contributed by atoms with Gasteiger partial charge in [0, 0.05) is 12.1 Å². The lowest BCUT2D eigenvalue weighted by atomic mass is 10.1. The summed E-state index contributed by atoms with van der Waals surface area (Å²) in [5.41, 5.74) is 11.0. The van der Waals surface area contributed by atoms with E-state index in [-0.39, 0.29) is 30.1 Å². The van der Waals surface area contributed by atoms with Gasteiger partial charge in [-0.25, -0.2) is 0 Å². The quantitative estimate of drug-likeness (QED) is 0.789. The number of alkyl halides is 3. The molecule has 20 heavy (non-hydrogen) atoms. The number of halogens is 3. The molecule has 9 heteroatoms. The summed E-state index contributed by atoms with van der Waals surface area (Å²) in [5, 5.41) is 0. The number of hydrogen-bond donors (Lipinski definition) is 2. The smallest absolute Gasteiger partial charge is 0.466 e. The van der Waals surface area contributed by atoms with Crippen LogP contribution in [0.4, 0.5) is 18.9 Å². The third-order valence-electron chi connectivity index (χ3n) is 2.32. The second-order valence-electron chi connectivity index (χ2n) is 3.70. The highest BCUT2D eigenvalue weighted by Gasteiger charge is 2.33. The van der Waals surface area contributed by atoms with Crippen molar-refractivity contribution in [3.63, 3.8) is 0 Å². The number of nitrogens with two attached hydrogens (primary N) is 2. The minimum Gasteiger partial charge on any atom is -0.466 e. The number of ether oxygens (including phenoxy) is 2. The normalized spacial score (nSPS) is 11.2. The first-order chi connectivity index (χ1) is 9.28. The summed E-state index contributed by atoms with van der Waals surface area (Å²) in [6, 6.07) is 0. The van der Waals surface area contributed by atoms with E-state index in [1.807, 2.05) is 0 Å². The summed E-state index contributed by atoms with van der Waals surface area (Å²) in [6.45, 7) is 1.60. The molecule has 0 aromatic carbocycles. The third-order valence-corrected chi connectivity index (χ3v) is 2.32. The molecule has 0 aliphatic carbocycles. The Morgan fingerprint density at radius 3 is 2.60 bits per heavy atom. The zero-order valence-corrected chi connectivity index (χ0v) is 10.7. The summed E-state index contributed by atoms with van der Waals surface area (Å²) < 4.78 is 45.3. The molecule has 0 aliphatic rings. The molecule has 0 saturated heterocycles. The predicted molar refractivity (Wildman–Crippen MR) is 63.6 cm³/mol. The van der Waals surface area contributed by atoms with Crippen molar-refractivity contribution in [2.24, 2.45) is 5.73 Å². The number of hydrogen-bond acceptors (Lipinski definition) is 6. The van der Waals surface area contributed by atoms with Crippen molar-refractivity contribution in [1.29, 1.82) is 0 Å². The molecule has 0 atom stereocenters. The highest BCUT2D eigenvalue weighted by atomic mass is 19.4. The van der Waals surface area contributed by atoms with Crippen LogP contribution in [-0.4, -0.2) is 23.9 Å². The molecule has 1 aromatic rings. The summed E-state index contributed by atoms with van der Waals surface area (Å²) >= 11 is 0. The van der Waals surface area contributed by atoms with Crippen LogP contribution in [0, 0.1) is 0 Å². The van der Waals surface area contributed by atoms with Gasteiger partial charge >= 0.3 is 12.3 Å². The second-order valence-corrected chi connectivity index (χ2v) is 3.70. The Balaban J connectivity index is 3.16. The molecule has 1 rings (SSSR count). The zero-order valence-electron chi connectivity index (χ0n) is 10.7. The summed E-state index contributed by atoms with van der Waals surface area (Å²) in [7, 11) is 0. The maximum absolute atomic E-state index is 12.3. The van der Waals surface area contributed by atoms with E-state index < -0.39 is 24.5 Å². The Bertz CT molecular complexity index is 492. The Hall–Kier alpha value is -2.03. The Kier molecular flexibility index (Phi) is 5.14. The van der Waals surface area contributed by atoms with Gasteiger partial charge in [0.1, 0.15) is 0 Å². The highest BCUT2D eigenvalue weighted by Crippen LogP contribution is 2.31. The lowest BCUT2D eigenvalue weighted by Gasteiger charge is -2.16. The molecule has 0 aliphatic heterocycles. The molecule has 0 radical (unpaired) electrons. The largest absolute Gasteiger partial charge is 0.573 e. The van der Waals surface area contributed by atoms with Crippen molar-refractivity contribution in [2.45, 2.75) is 26.3 Å². The molecule has 1 heterocycles. The summed E-state index contributed by atoms with van der Waals surface area (Å²) in [6.07, 6.45) is -4.54. The summed E-state index contributed by atoms with van der Waals surface area (Å²) in [4.78, 5) is 15.1. The van der Waals surface area contributed by atoms with Gasteiger partial charge in [0.25, 0.3) is 0 Å². The van der Waals surface area contributed by atoms with Crippen molar-refractivity contribution >= 4 is 11.7 Å². The number of nitrogens with zero attached hydrogens (tertiary/aromatic N) is 1. The minimum atomic E-state index is -4.91. The van der Waals surface area contributed by atoms with Crippen LogP contribution in [0.2, 0.25) is 0 Å². The number of rotatable bonds is 5. The average Bonchev–Trinajstić information content (AvgIpc) is 2.32. The monoisotopic (exact) mass is 293 g/mol. The van der Waals surface area contributed by atoms with E-state index in [1.165, 1.54) is 0 Å². The molecule has 0 bridgehead atoms. The van der Waals surface area contributed by atoms with Crippen molar-refractivity contribution in [3.05, 3.63) is 17.5 Å². The standard InChI is InChI=1S/C11H14F3N3O3/c1-2-19-9(18)3-6-8(20-11(12,13)14)5-17-7(4-15)10(6)16/h5H,2-4,15-16H2,1H3. The SMILES string of the molecule is CCOC(=O)Cc1c(OC(F)(F)F)cnc(CN)c1N. The molecule has 0 unspecified atom stereocenters. The van der Waals surface area contributed by atoms with E-state index in [4.69, 9.17) is 11.5 Å². The Labute approximate surface area is 112 Å². The van der Waals surface area contributed by atoms with Crippen molar-refractivity contribution in [3.8, 4) is 5.75 Å². The van der Waals surface area contributed by atoms with Crippen molar-refractivity contribution in [1.82, 2.24) is 4.98 Å². The summed E-state index contributed by atoms with van der Waals surface area (Å²) in [5.74, 6) is -1.36. The fourth-order valence-electron chi connectivity index (χ4n) is 1.50. The third kappa shape index (κ3) is 4.26. The van der Waals surface area contributed by atoms with Gasteiger partial charge in [-0.1, -0.05) is 0 Å². The topological polar surface area (TPSA) is 100 Å². The molecule has 4 N–H and O–H groups in total. The molecule has 0 amide bonds. The number of nitrogen functional groups attached to an aromatic ring is 1. The van der Waals surface area contributed by atoms with Gasteiger partial charge in [-0.15, -0.1) is 13.2 Å². The Morgan fingerprint density at radius 2 is 2.10 bits per heavy atom. The maximum Gasteiger partial charge on any atom is 0.573 e. The van der Waals surface area contributed by atoms with E-state index in [0.29, 0.717) is 0 Å². The zero-order chi connectivity index (χ0) is 15.3. The fraction of sp³-hybridized carbons (Fsp3) is 0.455. The lowest BCUT2D eigenvalue weighted by Crippen LogP contribution is -2.21. The van der Waals surface area contributed by atoms with Gasteiger partial charge in [0.2, 0.25) is 0 Å². The van der Waals surface area contributed by atoms with E-state index >= 15 is 0 Å². The molecule has 112 valence electrons. The minimum absolute atomic E-state index is 0.0754. The lowest BCUT2D eigenvalue weighted by molar-refractivity contribution is -0.275. The van der Waals surface area contributed by atoms with Gasteiger partial charge in [-0.05, 0) is 6.92 Å². The van der Waals surface area contributed by atoms with Crippen LogP contribution in [0.1, 0.15) is 18.2 Å². The second kappa shape index (κ2) is 6.42. The van der Waals surface area contributed by atoms with E-state index in [0.717, 1.165) is 6.20 Å². The number of anilines is 1. The average molecular weight is 293 g/mol. The maximum atomic E-state index is 12.3. The van der Waals surface area contributed by atoms with Crippen LogP contribution in [-0.2, 0) is 22.5 Å². The van der Waals surface area contributed by atoms with Crippen LogP contribution in [0.3, 0.4) is 0 Å².